The van der Waals surface area contributed by atoms with Crippen molar-refractivity contribution in [1.29, 1.82) is 0 Å². The Bertz CT molecular complexity index is 1140. The molecule has 0 bridgehead atoms. The fourth-order valence-electron chi connectivity index (χ4n) is 4.14. The summed E-state index contributed by atoms with van der Waals surface area (Å²) in [5.74, 6) is 1.33. The number of benzene rings is 2. The SMILES string of the molecule is Cc1nn(-c2ccccc2)c2c1[P@](=O)(N1CCOCC1)N(C)C(c1ccccc1)=N2. The lowest BCUT2D eigenvalue weighted by molar-refractivity contribution is 0.0709. The Balaban J connectivity index is 1.77. The molecular weight excluding hydrogens is 397 g/mol. The molecule has 1 fully saturated rings. The number of morpholine rings is 1. The van der Waals surface area contributed by atoms with Crippen LogP contribution in [-0.4, -0.2) is 58.3 Å². The molecule has 1 aromatic heterocycles. The second-order valence-corrected chi connectivity index (χ2v) is 10.1. The van der Waals surface area contributed by atoms with Crippen LogP contribution in [0.3, 0.4) is 0 Å². The fraction of sp³-hybridized carbons (Fsp3) is 0.273. The molecule has 2 aromatic carbocycles. The summed E-state index contributed by atoms with van der Waals surface area (Å²) in [6.45, 7) is 4.27. The second-order valence-electron chi connectivity index (χ2n) is 7.44. The second kappa shape index (κ2) is 7.51. The van der Waals surface area contributed by atoms with E-state index in [1.165, 1.54) is 0 Å². The van der Waals surface area contributed by atoms with Crippen molar-refractivity contribution < 1.29 is 9.30 Å². The molecular formula is C22H24N5O2P. The number of para-hydroxylation sites is 1. The minimum Gasteiger partial charge on any atom is -0.379 e. The third kappa shape index (κ3) is 2.93. The van der Waals surface area contributed by atoms with E-state index in [4.69, 9.17) is 14.8 Å². The summed E-state index contributed by atoms with van der Waals surface area (Å²) in [5, 5.41) is 5.49. The van der Waals surface area contributed by atoms with Gasteiger partial charge >= 0.3 is 0 Å². The summed E-state index contributed by atoms with van der Waals surface area (Å²) < 4.78 is 26.1. The Morgan fingerprint density at radius 2 is 1.60 bits per heavy atom. The van der Waals surface area contributed by atoms with Gasteiger partial charge in [0.2, 0.25) is 0 Å². The van der Waals surface area contributed by atoms with E-state index in [9.17, 15) is 4.57 Å². The number of aliphatic imine (C=N–C) groups is 1. The quantitative estimate of drug-likeness (QED) is 0.607. The number of hydrogen-bond acceptors (Lipinski definition) is 4. The molecule has 0 spiro atoms. The molecule has 1 saturated heterocycles. The van der Waals surface area contributed by atoms with Gasteiger partial charge in [-0.05, 0) is 19.1 Å². The zero-order valence-electron chi connectivity index (χ0n) is 17.1. The van der Waals surface area contributed by atoms with Gasteiger partial charge in [0.05, 0.1) is 24.6 Å². The minimum atomic E-state index is -3.16. The Morgan fingerprint density at radius 3 is 2.27 bits per heavy atom. The van der Waals surface area contributed by atoms with E-state index >= 15 is 0 Å². The fourth-order valence-corrected chi connectivity index (χ4v) is 7.10. The van der Waals surface area contributed by atoms with Crippen molar-refractivity contribution in [3.8, 4) is 5.69 Å². The molecule has 2 aliphatic rings. The Morgan fingerprint density at radius 1 is 0.967 bits per heavy atom. The highest BCUT2D eigenvalue weighted by atomic mass is 31.2. The minimum absolute atomic E-state index is 0.566. The summed E-state index contributed by atoms with van der Waals surface area (Å²) in [6, 6.07) is 19.8. The molecule has 8 heteroatoms. The van der Waals surface area contributed by atoms with Gasteiger partial charge in [-0.15, -0.1) is 0 Å². The van der Waals surface area contributed by atoms with Crippen molar-refractivity contribution in [2.45, 2.75) is 6.92 Å². The van der Waals surface area contributed by atoms with Crippen molar-refractivity contribution in [2.75, 3.05) is 33.4 Å². The molecule has 0 saturated carbocycles. The average Bonchev–Trinajstić information content (AvgIpc) is 3.14. The molecule has 3 aromatic rings. The summed E-state index contributed by atoms with van der Waals surface area (Å²) in [6.07, 6.45) is 0. The first-order chi connectivity index (χ1) is 14.6. The zero-order chi connectivity index (χ0) is 20.7. The standard InChI is InChI=1S/C22H24N5O2P/c1-17-20-22(27(24-17)19-11-7-4-8-12-19)23-21(18-9-5-3-6-10-18)25(2)30(20,28)26-13-15-29-16-14-26/h3-12H,13-16H2,1-2H3/t30-/m1/s1. The van der Waals surface area contributed by atoms with Crippen LogP contribution in [0.5, 0.6) is 0 Å². The van der Waals surface area contributed by atoms with Crippen molar-refractivity contribution in [3.63, 3.8) is 0 Å². The number of aryl methyl sites for hydroxylation is 1. The van der Waals surface area contributed by atoms with Crippen molar-refractivity contribution in [1.82, 2.24) is 19.1 Å². The molecule has 0 unspecified atom stereocenters. The summed E-state index contributed by atoms with van der Waals surface area (Å²) in [5.41, 5.74) is 2.57. The van der Waals surface area contributed by atoms with Gasteiger partial charge in [-0.25, -0.2) is 14.3 Å². The van der Waals surface area contributed by atoms with Gasteiger partial charge in [0, 0.05) is 25.7 Å². The number of rotatable bonds is 3. The highest BCUT2D eigenvalue weighted by Gasteiger charge is 2.47. The van der Waals surface area contributed by atoms with Crippen molar-refractivity contribution >= 4 is 24.4 Å². The number of ether oxygens (including phenoxy) is 1. The lowest BCUT2D eigenvalue weighted by Crippen LogP contribution is -2.45. The topological polar surface area (TPSA) is 63.0 Å². The first kappa shape index (κ1) is 19.2. The third-order valence-electron chi connectivity index (χ3n) is 5.62. The normalized spacial score (nSPS) is 21.9. The van der Waals surface area contributed by atoms with E-state index in [0.29, 0.717) is 38.0 Å². The van der Waals surface area contributed by atoms with Crippen LogP contribution in [0.25, 0.3) is 5.69 Å². The Labute approximate surface area is 176 Å². The number of hydrogen-bond donors (Lipinski definition) is 0. The highest BCUT2D eigenvalue weighted by molar-refractivity contribution is 7.68. The van der Waals surface area contributed by atoms with Gasteiger partial charge in [0.1, 0.15) is 11.1 Å². The van der Waals surface area contributed by atoms with Gasteiger partial charge in [-0.2, -0.15) is 5.10 Å². The van der Waals surface area contributed by atoms with E-state index in [-0.39, 0.29) is 0 Å². The molecule has 154 valence electrons. The summed E-state index contributed by atoms with van der Waals surface area (Å²) in [4.78, 5) is 5.00. The van der Waals surface area contributed by atoms with E-state index in [0.717, 1.165) is 22.2 Å². The maximum absolute atomic E-state index is 14.9. The first-order valence-electron chi connectivity index (χ1n) is 10.1. The molecule has 0 radical (unpaired) electrons. The van der Waals surface area contributed by atoms with Crippen LogP contribution in [0, 0.1) is 6.92 Å². The summed E-state index contributed by atoms with van der Waals surface area (Å²) >= 11 is 0. The van der Waals surface area contributed by atoms with Gasteiger partial charge in [0.15, 0.2) is 5.82 Å². The maximum atomic E-state index is 14.9. The van der Waals surface area contributed by atoms with E-state index in [2.05, 4.69) is 4.67 Å². The molecule has 5 rings (SSSR count). The van der Waals surface area contributed by atoms with E-state index < -0.39 is 7.44 Å². The highest BCUT2D eigenvalue weighted by Crippen LogP contribution is 2.57. The number of fused-ring (bicyclic) bond motifs is 1. The molecule has 3 heterocycles. The van der Waals surface area contributed by atoms with Gasteiger partial charge in [-0.3, -0.25) is 9.24 Å². The van der Waals surface area contributed by atoms with Crippen LogP contribution in [0.4, 0.5) is 5.82 Å². The zero-order valence-corrected chi connectivity index (χ0v) is 18.0. The van der Waals surface area contributed by atoms with Crippen molar-refractivity contribution in [3.05, 3.63) is 71.9 Å². The van der Waals surface area contributed by atoms with E-state index in [1.807, 2.05) is 84.0 Å². The average molecular weight is 421 g/mol. The number of amidine groups is 1. The molecule has 30 heavy (non-hydrogen) atoms. The van der Waals surface area contributed by atoms with Crippen LogP contribution in [0.2, 0.25) is 0 Å². The van der Waals surface area contributed by atoms with Crippen LogP contribution in [0.1, 0.15) is 11.3 Å². The number of aromatic nitrogens is 2. The molecule has 7 nitrogen and oxygen atoms in total. The predicted octanol–water partition coefficient (Wildman–Crippen LogP) is 3.36. The lowest BCUT2D eigenvalue weighted by Gasteiger charge is -2.42. The van der Waals surface area contributed by atoms with Crippen LogP contribution >= 0.6 is 7.44 Å². The van der Waals surface area contributed by atoms with E-state index in [1.54, 1.807) is 0 Å². The monoisotopic (exact) mass is 421 g/mol. The predicted molar refractivity (Wildman–Crippen MR) is 118 cm³/mol. The van der Waals surface area contributed by atoms with Crippen LogP contribution in [-0.2, 0) is 9.30 Å². The van der Waals surface area contributed by atoms with Crippen molar-refractivity contribution in [2.24, 2.45) is 4.99 Å². The lowest BCUT2D eigenvalue weighted by atomic mass is 10.2. The maximum Gasteiger partial charge on any atom is 0.275 e. The largest absolute Gasteiger partial charge is 0.379 e. The Hall–Kier alpha value is -2.73. The molecule has 0 aliphatic carbocycles. The molecule has 2 aliphatic heterocycles. The van der Waals surface area contributed by atoms with Gasteiger partial charge in [-0.1, -0.05) is 48.5 Å². The summed E-state index contributed by atoms with van der Waals surface area (Å²) in [7, 11) is -1.28. The smallest absolute Gasteiger partial charge is 0.275 e. The molecule has 0 N–H and O–H groups in total. The van der Waals surface area contributed by atoms with Crippen LogP contribution < -0.4 is 5.30 Å². The van der Waals surface area contributed by atoms with Crippen LogP contribution in [0.15, 0.2) is 65.7 Å². The number of nitrogens with zero attached hydrogens (tertiary/aromatic N) is 5. The molecule has 0 amide bonds. The van der Waals surface area contributed by atoms with Gasteiger partial charge in [0.25, 0.3) is 7.44 Å². The molecule has 1 atom stereocenters. The van der Waals surface area contributed by atoms with Gasteiger partial charge < -0.3 is 4.74 Å². The third-order valence-corrected chi connectivity index (χ3v) is 8.90. The Kier molecular flexibility index (Phi) is 4.82. The first-order valence-corrected chi connectivity index (χ1v) is 11.7.